The standard InChI is InChI=1S/C13H16F3N3O2/c1-9(12(20)19-5-7-21-8-6-19)17-11-4-2-3-10(18-11)13(14,15)16/h2-4,9H,5-8H2,1H3,(H,17,18). The number of anilines is 1. The zero-order valence-corrected chi connectivity index (χ0v) is 11.5. The van der Waals surface area contributed by atoms with Crippen LogP contribution in [0.2, 0.25) is 0 Å². The molecule has 1 saturated heterocycles. The molecule has 2 heterocycles. The molecule has 0 spiro atoms. The summed E-state index contributed by atoms with van der Waals surface area (Å²) < 4.78 is 42.9. The molecule has 0 saturated carbocycles. The summed E-state index contributed by atoms with van der Waals surface area (Å²) in [5, 5.41) is 2.71. The fraction of sp³-hybridized carbons (Fsp3) is 0.538. The van der Waals surface area contributed by atoms with Gasteiger partial charge in [-0.05, 0) is 19.1 Å². The number of morpholine rings is 1. The SMILES string of the molecule is CC(Nc1cccc(C(F)(F)F)n1)C(=O)N1CCOCC1. The molecule has 1 atom stereocenters. The minimum atomic E-state index is -4.50. The number of rotatable bonds is 3. The molecular weight excluding hydrogens is 287 g/mol. The molecule has 1 fully saturated rings. The first-order chi connectivity index (χ1) is 9.88. The van der Waals surface area contributed by atoms with E-state index in [0.29, 0.717) is 26.3 Å². The molecule has 1 amide bonds. The van der Waals surface area contributed by atoms with Gasteiger partial charge < -0.3 is 15.0 Å². The Morgan fingerprint density at radius 1 is 1.38 bits per heavy atom. The third-order valence-corrected chi connectivity index (χ3v) is 3.10. The number of halogens is 3. The summed E-state index contributed by atoms with van der Waals surface area (Å²) in [4.78, 5) is 17.2. The predicted octanol–water partition coefficient (Wildman–Crippen LogP) is 1.76. The molecule has 1 aliphatic rings. The molecule has 0 aromatic carbocycles. The molecule has 1 aromatic heterocycles. The molecule has 1 N–H and O–H groups in total. The molecule has 2 rings (SSSR count). The first-order valence-corrected chi connectivity index (χ1v) is 6.55. The topological polar surface area (TPSA) is 54.5 Å². The van der Waals surface area contributed by atoms with Crippen LogP contribution in [0.15, 0.2) is 18.2 Å². The quantitative estimate of drug-likeness (QED) is 0.924. The lowest BCUT2D eigenvalue weighted by Crippen LogP contribution is -2.47. The van der Waals surface area contributed by atoms with Gasteiger partial charge in [0.25, 0.3) is 0 Å². The Labute approximate surface area is 120 Å². The number of ether oxygens (including phenoxy) is 1. The van der Waals surface area contributed by atoms with Gasteiger partial charge in [-0.3, -0.25) is 4.79 Å². The van der Waals surface area contributed by atoms with Crippen molar-refractivity contribution < 1.29 is 22.7 Å². The van der Waals surface area contributed by atoms with Gasteiger partial charge in [0.2, 0.25) is 5.91 Å². The molecule has 21 heavy (non-hydrogen) atoms. The number of hydrogen-bond acceptors (Lipinski definition) is 4. The largest absolute Gasteiger partial charge is 0.433 e. The van der Waals surface area contributed by atoms with Crippen LogP contribution in [0.25, 0.3) is 0 Å². The van der Waals surface area contributed by atoms with Crippen LogP contribution in [-0.4, -0.2) is 48.1 Å². The van der Waals surface area contributed by atoms with Crippen molar-refractivity contribution >= 4 is 11.7 Å². The first kappa shape index (κ1) is 15.6. The van der Waals surface area contributed by atoms with Crippen LogP contribution in [0.3, 0.4) is 0 Å². The molecule has 5 nitrogen and oxygen atoms in total. The summed E-state index contributed by atoms with van der Waals surface area (Å²) in [6.45, 7) is 3.52. The van der Waals surface area contributed by atoms with E-state index in [9.17, 15) is 18.0 Å². The maximum atomic E-state index is 12.6. The van der Waals surface area contributed by atoms with Crippen molar-refractivity contribution in [2.45, 2.75) is 19.1 Å². The van der Waals surface area contributed by atoms with Crippen LogP contribution in [0.5, 0.6) is 0 Å². The van der Waals surface area contributed by atoms with Crippen molar-refractivity contribution in [1.82, 2.24) is 9.88 Å². The number of amides is 1. The van der Waals surface area contributed by atoms with Crippen LogP contribution in [-0.2, 0) is 15.7 Å². The zero-order chi connectivity index (χ0) is 15.5. The lowest BCUT2D eigenvalue weighted by Gasteiger charge is -2.29. The Morgan fingerprint density at radius 2 is 2.05 bits per heavy atom. The fourth-order valence-electron chi connectivity index (χ4n) is 2.01. The summed E-state index contributed by atoms with van der Waals surface area (Å²) >= 11 is 0. The smallest absolute Gasteiger partial charge is 0.378 e. The summed E-state index contributed by atoms with van der Waals surface area (Å²) in [6.07, 6.45) is -4.50. The minimum absolute atomic E-state index is 0.0268. The van der Waals surface area contributed by atoms with Gasteiger partial charge in [-0.25, -0.2) is 4.98 Å². The van der Waals surface area contributed by atoms with Gasteiger partial charge in [-0.2, -0.15) is 13.2 Å². The first-order valence-electron chi connectivity index (χ1n) is 6.55. The Morgan fingerprint density at radius 3 is 2.67 bits per heavy atom. The second kappa shape index (κ2) is 6.30. The van der Waals surface area contributed by atoms with Gasteiger partial charge in [0.1, 0.15) is 17.6 Å². The number of carbonyl (C=O) groups is 1. The third kappa shape index (κ3) is 4.07. The van der Waals surface area contributed by atoms with Crippen molar-refractivity contribution in [2.24, 2.45) is 0 Å². The molecule has 1 aromatic rings. The van der Waals surface area contributed by atoms with E-state index in [1.165, 1.54) is 12.1 Å². The van der Waals surface area contributed by atoms with E-state index >= 15 is 0 Å². The van der Waals surface area contributed by atoms with Gasteiger partial charge in [0.05, 0.1) is 13.2 Å². The highest BCUT2D eigenvalue weighted by molar-refractivity contribution is 5.84. The van der Waals surface area contributed by atoms with Crippen molar-refractivity contribution in [1.29, 1.82) is 0 Å². The van der Waals surface area contributed by atoms with Crippen LogP contribution >= 0.6 is 0 Å². The van der Waals surface area contributed by atoms with Crippen molar-refractivity contribution in [3.05, 3.63) is 23.9 Å². The van der Waals surface area contributed by atoms with E-state index in [0.717, 1.165) is 6.07 Å². The summed E-state index contributed by atoms with van der Waals surface area (Å²) in [5.74, 6) is -0.156. The van der Waals surface area contributed by atoms with Crippen molar-refractivity contribution in [3.63, 3.8) is 0 Å². The normalized spacial score (nSPS) is 17.4. The van der Waals surface area contributed by atoms with Gasteiger partial charge >= 0.3 is 6.18 Å². The average Bonchev–Trinajstić information content (AvgIpc) is 2.47. The Balaban J connectivity index is 2.02. The number of alkyl halides is 3. The molecule has 1 aliphatic heterocycles. The number of aromatic nitrogens is 1. The Kier molecular flexibility index (Phi) is 4.66. The van der Waals surface area contributed by atoms with Crippen LogP contribution in [0, 0.1) is 0 Å². The highest BCUT2D eigenvalue weighted by Gasteiger charge is 2.32. The number of nitrogens with one attached hydrogen (secondary N) is 1. The summed E-state index contributed by atoms with van der Waals surface area (Å²) in [5.41, 5.74) is -0.987. The second-order valence-corrected chi connectivity index (χ2v) is 4.71. The van der Waals surface area contributed by atoms with E-state index in [-0.39, 0.29) is 11.7 Å². The molecule has 8 heteroatoms. The highest BCUT2D eigenvalue weighted by atomic mass is 19.4. The molecule has 0 aliphatic carbocycles. The maximum Gasteiger partial charge on any atom is 0.433 e. The maximum absolute atomic E-state index is 12.6. The molecule has 1 unspecified atom stereocenters. The zero-order valence-electron chi connectivity index (χ0n) is 11.5. The summed E-state index contributed by atoms with van der Waals surface area (Å²) in [6, 6.07) is 2.89. The van der Waals surface area contributed by atoms with Gasteiger partial charge in [-0.1, -0.05) is 6.07 Å². The van der Waals surface area contributed by atoms with Crippen LogP contribution in [0.4, 0.5) is 19.0 Å². The van der Waals surface area contributed by atoms with E-state index < -0.39 is 17.9 Å². The molecule has 0 bridgehead atoms. The van der Waals surface area contributed by atoms with Crippen LogP contribution < -0.4 is 5.32 Å². The van der Waals surface area contributed by atoms with Gasteiger partial charge in [0, 0.05) is 13.1 Å². The molecule has 116 valence electrons. The average molecular weight is 303 g/mol. The fourth-order valence-corrected chi connectivity index (χ4v) is 2.01. The predicted molar refractivity (Wildman–Crippen MR) is 69.7 cm³/mol. The molecule has 0 radical (unpaired) electrons. The van der Waals surface area contributed by atoms with E-state index in [2.05, 4.69) is 10.3 Å². The number of nitrogens with zero attached hydrogens (tertiary/aromatic N) is 2. The van der Waals surface area contributed by atoms with E-state index in [1.807, 2.05) is 0 Å². The molecular formula is C13H16F3N3O2. The number of pyridine rings is 1. The van der Waals surface area contributed by atoms with E-state index in [1.54, 1.807) is 11.8 Å². The monoisotopic (exact) mass is 303 g/mol. The minimum Gasteiger partial charge on any atom is -0.378 e. The Hall–Kier alpha value is -1.83. The van der Waals surface area contributed by atoms with Crippen molar-refractivity contribution in [3.8, 4) is 0 Å². The second-order valence-electron chi connectivity index (χ2n) is 4.71. The van der Waals surface area contributed by atoms with Gasteiger partial charge in [0.15, 0.2) is 0 Å². The highest BCUT2D eigenvalue weighted by Crippen LogP contribution is 2.28. The lowest BCUT2D eigenvalue weighted by atomic mass is 10.2. The van der Waals surface area contributed by atoms with Crippen LogP contribution in [0.1, 0.15) is 12.6 Å². The third-order valence-electron chi connectivity index (χ3n) is 3.10. The van der Waals surface area contributed by atoms with Gasteiger partial charge in [-0.15, -0.1) is 0 Å². The summed E-state index contributed by atoms with van der Waals surface area (Å²) in [7, 11) is 0. The van der Waals surface area contributed by atoms with E-state index in [4.69, 9.17) is 4.74 Å². The lowest BCUT2D eigenvalue weighted by molar-refractivity contribution is -0.141. The van der Waals surface area contributed by atoms with Crippen molar-refractivity contribution in [2.75, 3.05) is 31.6 Å². The Bertz CT molecular complexity index is 502. The number of carbonyl (C=O) groups excluding carboxylic acids is 1. The number of hydrogen-bond donors (Lipinski definition) is 1.